The lowest BCUT2D eigenvalue weighted by molar-refractivity contribution is -0.147. The van der Waals surface area contributed by atoms with Gasteiger partial charge in [-0.05, 0) is 19.9 Å². The van der Waals surface area contributed by atoms with E-state index in [1.54, 1.807) is 43.6 Å². The second-order valence-electron chi connectivity index (χ2n) is 5.64. The average Bonchev–Trinajstić information content (AvgIpc) is 2.88. The molecule has 0 unspecified atom stereocenters. The van der Waals surface area contributed by atoms with Crippen LogP contribution in [0.3, 0.4) is 0 Å². The lowest BCUT2D eigenvalue weighted by Gasteiger charge is -2.23. The molecular formula is C17H19Cl2N3O4. The predicted octanol–water partition coefficient (Wildman–Crippen LogP) is 3.56. The number of esters is 1. The average molecular weight is 400 g/mol. The van der Waals surface area contributed by atoms with Gasteiger partial charge in [0, 0.05) is 20.2 Å². The number of hydrogen-bond donors (Lipinski definition) is 0. The van der Waals surface area contributed by atoms with Crippen molar-refractivity contribution < 1.29 is 19.1 Å². The third-order valence-corrected chi connectivity index (χ3v) is 4.47. The van der Waals surface area contributed by atoms with Crippen molar-refractivity contribution in [1.29, 1.82) is 0 Å². The zero-order valence-electron chi connectivity index (χ0n) is 15.0. The number of aryl methyl sites for hydroxylation is 2. The molecule has 0 N–H and O–H groups in total. The molecule has 0 spiro atoms. The number of anilines is 2. The van der Waals surface area contributed by atoms with Crippen LogP contribution in [0.4, 0.5) is 11.5 Å². The van der Waals surface area contributed by atoms with Gasteiger partial charge in [0.05, 0.1) is 34.1 Å². The van der Waals surface area contributed by atoms with Crippen LogP contribution in [0.2, 0.25) is 10.0 Å². The number of carbonyl (C=O) groups is 2. The molecule has 0 aliphatic heterocycles. The van der Waals surface area contributed by atoms with Crippen molar-refractivity contribution >= 4 is 47.0 Å². The Bertz CT molecular complexity index is 851. The van der Waals surface area contributed by atoms with E-state index in [1.165, 1.54) is 13.2 Å². The minimum Gasteiger partial charge on any atom is -0.477 e. The molecule has 0 bridgehead atoms. The van der Waals surface area contributed by atoms with E-state index in [-0.39, 0.29) is 10.8 Å². The number of ether oxygens (including phenoxy) is 2. The first-order valence-corrected chi connectivity index (χ1v) is 8.42. The topological polar surface area (TPSA) is 73.7 Å². The molecule has 0 fully saturated rings. The highest BCUT2D eigenvalue weighted by Gasteiger charge is 2.22. The second kappa shape index (κ2) is 7.97. The summed E-state index contributed by atoms with van der Waals surface area (Å²) >= 11 is 12.5. The monoisotopic (exact) mass is 399 g/mol. The summed E-state index contributed by atoms with van der Waals surface area (Å²) in [5, 5.41) is 4.87. The molecule has 1 heterocycles. The van der Waals surface area contributed by atoms with E-state index in [4.69, 9.17) is 27.9 Å². The summed E-state index contributed by atoms with van der Waals surface area (Å²) in [5.74, 6) is 0.299. The van der Waals surface area contributed by atoms with Gasteiger partial charge in [0.25, 0.3) is 0 Å². The summed E-state index contributed by atoms with van der Waals surface area (Å²) in [7, 11) is 4.75. The predicted molar refractivity (Wildman–Crippen MR) is 100.0 cm³/mol. The van der Waals surface area contributed by atoms with Crippen LogP contribution in [0.1, 0.15) is 23.0 Å². The molecule has 26 heavy (non-hydrogen) atoms. The van der Waals surface area contributed by atoms with Crippen molar-refractivity contribution in [3.63, 3.8) is 0 Å². The number of halogens is 2. The van der Waals surface area contributed by atoms with Crippen LogP contribution in [0.15, 0.2) is 12.1 Å². The van der Waals surface area contributed by atoms with Crippen LogP contribution in [-0.4, -0.2) is 42.3 Å². The van der Waals surface area contributed by atoms with Crippen molar-refractivity contribution in [2.75, 3.05) is 19.1 Å². The normalized spacial score (nSPS) is 11.8. The van der Waals surface area contributed by atoms with E-state index < -0.39 is 12.1 Å². The van der Waals surface area contributed by atoms with E-state index >= 15 is 0 Å². The number of hydrogen-bond acceptors (Lipinski definition) is 6. The summed E-state index contributed by atoms with van der Waals surface area (Å²) in [6.45, 7) is 3.30. The maximum atomic E-state index is 11.6. The van der Waals surface area contributed by atoms with Crippen molar-refractivity contribution in [2.24, 2.45) is 7.05 Å². The Morgan fingerprint density at radius 3 is 2.58 bits per heavy atom. The number of methoxy groups -OCH3 is 1. The van der Waals surface area contributed by atoms with Gasteiger partial charge in [0.2, 0.25) is 0 Å². The SMILES string of the molecule is COC(=O)[C@H](C)Oc1cc(N(C)c2c(C=O)c(C)nn2C)c(Cl)cc1Cl. The van der Waals surface area contributed by atoms with E-state index in [1.807, 2.05) is 0 Å². The summed E-state index contributed by atoms with van der Waals surface area (Å²) in [4.78, 5) is 24.7. The molecule has 2 rings (SSSR count). The lowest BCUT2D eigenvalue weighted by atomic mass is 10.2. The van der Waals surface area contributed by atoms with Gasteiger partial charge in [-0.2, -0.15) is 5.10 Å². The van der Waals surface area contributed by atoms with Gasteiger partial charge in [0.1, 0.15) is 11.6 Å². The molecule has 0 aliphatic rings. The molecule has 1 atom stereocenters. The summed E-state index contributed by atoms with van der Waals surface area (Å²) < 4.78 is 11.8. The van der Waals surface area contributed by atoms with Crippen LogP contribution in [0, 0.1) is 6.92 Å². The van der Waals surface area contributed by atoms with E-state index in [0.29, 0.717) is 27.8 Å². The maximum absolute atomic E-state index is 11.6. The molecule has 0 amide bonds. The molecule has 1 aromatic heterocycles. The van der Waals surface area contributed by atoms with Gasteiger partial charge in [-0.1, -0.05) is 23.2 Å². The highest BCUT2D eigenvalue weighted by atomic mass is 35.5. The van der Waals surface area contributed by atoms with Crippen LogP contribution in [0.25, 0.3) is 0 Å². The van der Waals surface area contributed by atoms with Gasteiger partial charge in [-0.15, -0.1) is 0 Å². The fraction of sp³-hybridized carbons (Fsp3) is 0.353. The first kappa shape index (κ1) is 20.1. The van der Waals surface area contributed by atoms with E-state index in [2.05, 4.69) is 9.84 Å². The smallest absolute Gasteiger partial charge is 0.346 e. The van der Waals surface area contributed by atoms with Gasteiger partial charge < -0.3 is 14.4 Å². The highest BCUT2D eigenvalue weighted by Crippen LogP contribution is 2.39. The van der Waals surface area contributed by atoms with Crippen molar-refractivity contribution in [3.8, 4) is 5.75 Å². The molecule has 9 heteroatoms. The fourth-order valence-electron chi connectivity index (χ4n) is 2.58. The number of benzene rings is 1. The molecule has 0 saturated heterocycles. The third-order valence-electron chi connectivity index (χ3n) is 3.87. The molecule has 1 aromatic carbocycles. The number of nitrogens with zero attached hydrogens (tertiary/aromatic N) is 3. The summed E-state index contributed by atoms with van der Waals surface area (Å²) in [6.07, 6.45) is -0.101. The number of aldehydes is 1. The standard InChI is InChI=1S/C17H19Cl2N3O4/c1-9-11(8-23)16(22(4)20-9)21(3)14-7-15(13(19)6-12(14)18)26-10(2)17(24)25-5/h6-8,10H,1-5H3/t10-/m0/s1. The number of rotatable bonds is 6. The summed E-state index contributed by atoms with van der Waals surface area (Å²) in [6, 6.07) is 3.11. The maximum Gasteiger partial charge on any atom is 0.346 e. The Morgan fingerprint density at radius 2 is 2.00 bits per heavy atom. The van der Waals surface area contributed by atoms with Crippen molar-refractivity contribution in [3.05, 3.63) is 33.4 Å². The zero-order chi connectivity index (χ0) is 19.6. The second-order valence-corrected chi connectivity index (χ2v) is 6.45. The largest absolute Gasteiger partial charge is 0.477 e. The number of aromatic nitrogens is 2. The van der Waals surface area contributed by atoms with Gasteiger partial charge in [-0.3, -0.25) is 9.48 Å². The highest BCUT2D eigenvalue weighted by molar-refractivity contribution is 6.37. The zero-order valence-corrected chi connectivity index (χ0v) is 16.6. The third kappa shape index (κ3) is 3.78. The van der Waals surface area contributed by atoms with E-state index in [9.17, 15) is 9.59 Å². The molecule has 0 aliphatic carbocycles. The Labute approximate surface area is 161 Å². The van der Waals surface area contributed by atoms with Crippen LogP contribution in [0.5, 0.6) is 5.75 Å². The van der Waals surface area contributed by atoms with Gasteiger partial charge in [-0.25, -0.2) is 4.79 Å². The Morgan fingerprint density at radius 1 is 1.35 bits per heavy atom. The molecule has 0 saturated carbocycles. The Hall–Kier alpha value is -2.25. The lowest BCUT2D eigenvalue weighted by Crippen LogP contribution is -2.25. The van der Waals surface area contributed by atoms with Crippen LogP contribution >= 0.6 is 23.2 Å². The molecule has 2 aromatic rings. The minimum atomic E-state index is -0.846. The molecule has 7 nitrogen and oxygen atoms in total. The van der Waals surface area contributed by atoms with Crippen molar-refractivity contribution in [2.45, 2.75) is 20.0 Å². The number of carbonyl (C=O) groups excluding carboxylic acids is 2. The first-order chi connectivity index (χ1) is 12.2. The fourth-order valence-corrected chi connectivity index (χ4v) is 3.14. The van der Waals surface area contributed by atoms with Gasteiger partial charge in [0.15, 0.2) is 12.4 Å². The van der Waals surface area contributed by atoms with Gasteiger partial charge >= 0.3 is 5.97 Å². The first-order valence-electron chi connectivity index (χ1n) is 7.67. The summed E-state index contributed by atoms with van der Waals surface area (Å²) in [5.41, 5.74) is 1.59. The Balaban J connectivity index is 2.48. The van der Waals surface area contributed by atoms with Crippen LogP contribution in [-0.2, 0) is 16.6 Å². The van der Waals surface area contributed by atoms with Crippen molar-refractivity contribution in [1.82, 2.24) is 9.78 Å². The molecule has 0 radical (unpaired) electrons. The minimum absolute atomic E-state index is 0.250. The quantitative estimate of drug-likeness (QED) is 0.546. The molecular weight excluding hydrogens is 381 g/mol. The van der Waals surface area contributed by atoms with E-state index in [0.717, 1.165) is 6.29 Å². The molecule has 140 valence electrons. The van der Waals surface area contributed by atoms with Crippen LogP contribution < -0.4 is 9.64 Å². The Kier molecular flexibility index (Phi) is 6.15.